The maximum atomic E-state index is 12.4. The van der Waals surface area contributed by atoms with E-state index in [-0.39, 0.29) is 4.90 Å². The zero-order valence-electron chi connectivity index (χ0n) is 11.4. The summed E-state index contributed by atoms with van der Waals surface area (Å²) in [5.74, 6) is 0.353. The number of aromatic nitrogens is 3. The third-order valence-corrected chi connectivity index (χ3v) is 3.97. The van der Waals surface area contributed by atoms with Crippen molar-refractivity contribution in [2.45, 2.75) is 18.2 Å². The number of hydrogen-bond donors (Lipinski definition) is 2. The highest BCUT2D eigenvalue weighted by atomic mass is 32.2. The average Bonchev–Trinajstić information content (AvgIpc) is 2.81. The lowest BCUT2D eigenvalue weighted by molar-refractivity contribution is 0.601. The summed E-state index contributed by atoms with van der Waals surface area (Å²) >= 11 is 0. The van der Waals surface area contributed by atoms with Gasteiger partial charge in [0, 0.05) is 26.0 Å². The Hall–Kier alpha value is -2.09. The van der Waals surface area contributed by atoms with Crippen LogP contribution >= 0.6 is 0 Å². The molecule has 0 unspecified atom stereocenters. The first-order valence-electron chi connectivity index (χ1n) is 6.23. The van der Waals surface area contributed by atoms with E-state index < -0.39 is 10.0 Å². The van der Waals surface area contributed by atoms with Gasteiger partial charge in [0.05, 0.1) is 11.9 Å². The first-order valence-corrected chi connectivity index (χ1v) is 7.71. The molecule has 0 amide bonds. The van der Waals surface area contributed by atoms with E-state index in [9.17, 15) is 8.42 Å². The monoisotopic (exact) mass is 295 g/mol. The van der Waals surface area contributed by atoms with Crippen LogP contribution in [0.3, 0.4) is 0 Å². The summed E-state index contributed by atoms with van der Waals surface area (Å²) < 4.78 is 28.7. The van der Waals surface area contributed by atoms with Gasteiger partial charge in [-0.25, -0.2) is 13.4 Å². The first-order chi connectivity index (χ1) is 9.53. The predicted molar refractivity (Wildman–Crippen MR) is 77.0 cm³/mol. The van der Waals surface area contributed by atoms with E-state index >= 15 is 0 Å². The molecule has 20 heavy (non-hydrogen) atoms. The predicted octanol–water partition coefficient (Wildman–Crippen LogP) is 1.44. The fraction of sp³-hybridized carbons (Fsp3) is 0.333. The molecule has 0 aliphatic carbocycles. The Kier molecular flexibility index (Phi) is 4.23. The van der Waals surface area contributed by atoms with Crippen molar-refractivity contribution in [3.05, 3.63) is 30.7 Å². The van der Waals surface area contributed by atoms with E-state index in [0.29, 0.717) is 18.1 Å². The summed E-state index contributed by atoms with van der Waals surface area (Å²) in [7, 11) is -1.97. The molecule has 0 aliphatic rings. The fourth-order valence-corrected chi connectivity index (χ4v) is 2.83. The Bertz CT molecular complexity index is 681. The third kappa shape index (κ3) is 3.27. The standard InChI is InChI=1S/C12H17N5O2S/c1-3-6-13-12-11(5-4-7-14-12)20(18,19)16-10-8-15-17(2)9-10/h4-5,7-9,16H,3,6H2,1-2H3,(H,13,14). The Balaban J connectivity index is 2.29. The fourth-order valence-electron chi connectivity index (χ4n) is 1.67. The van der Waals surface area contributed by atoms with Crippen LogP contribution in [0.4, 0.5) is 11.5 Å². The quantitative estimate of drug-likeness (QED) is 0.841. The van der Waals surface area contributed by atoms with Crippen molar-refractivity contribution in [3.8, 4) is 0 Å². The molecule has 0 spiro atoms. The molecule has 0 fully saturated rings. The SMILES string of the molecule is CCCNc1ncccc1S(=O)(=O)Nc1cnn(C)c1. The Morgan fingerprint density at radius 2 is 2.20 bits per heavy atom. The number of hydrogen-bond acceptors (Lipinski definition) is 5. The van der Waals surface area contributed by atoms with Crippen LogP contribution in [0.1, 0.15) is 13.3 Å². The molecule has 0 bridgehead atoms. The highest BCUT2D eigenvalue weighted by Crippen LogP contribution is 2.21. The van der Waals surface area contributed by atoms with Crippen molar-refractivity contribution in [2.75, 3.05) is 16.6 Å². The number of nitrogens with zero attached hydrogens (tertiary/aromatic N) is 3. The summed E-state index contributed by atoms with van der Waals surface area (Å²) in [6.07, 6.45) is 5.48. The number of rotatable bonds is 6. The lowest BCUT2D eigenvalue weighted by Crippen LogP contribution is -2.16. The highest BCUT2D eigenvalue weighted by Gasteiger charge is 2.19. The maximum Gasteiger partial charge on any atom is 0.265 e. The van der Waals surface area contributed by atoms with Gasteiger partial charge in [0.1, 0.15) is 10.7 Å². The van der Waals surface area contributed by atoms with Crippen LogP contribution in [0.15, 0.2) is 35.6 Å². The molecule has 2 rings (SSSR count). The largest absolute Gasteiger partial charge is 0.369 e. The Morgan fingerprint density at radius 1 is 1.40 bits per heavy atom. The van der Waals surface area contributed by atoms with Gasteiger partial charge in [-0.3, -0.25) is 9.40 Å². The molecule has 7 nitrogen and oxygen atoms in total. The summed E-state index contributed by atoms with van der Waals surface area (Å²) in [6.45, 7) is 2.66. The van der Waals surface area contributed by atoms with Gasteiger partial charge in [-0.15, -0.1) is 0 Å². The maximum absolute atomic E-state index is 12.4. The number of nitrogens with one attached hydrogen (secondary N) is 2. The zero-order valence-corrected chi connectivity index (χ0v) is 12.2. The van der Waals surface area contributed by atoms with Gasteiger partial charge >= 0.3 is 0 Å². The number of anilines is 2. The molecule has 8 heteroatoms. The van der Waals surface area contributed by atoms with E-state index in [1.807, 2.05) is 6.92 Å². The summed E-state index contributed by atoms with van der Waals surface area (Å²) in [5, 5.41) is 6.93. The topological polar surface area (TPSA) is 88.9 Å². The van der Waals surface area contributed by atoms with Crippen LogP contribution in [0.5, 0.6) is 0 Å². The molecule has 2 N–H and O–H groups in total. The Labute approximate surface area is 118 Å². The molecule has 108 valence electrons. The summed E-state index contributed by atoms with van der Waals surface area (Å²) in [4.78, 5) is 4.20. The lowest BCUT2D eigenvalue weighted by Gasteiger charge is -2.11. The van der Waals surface area contributed by atoms with Crippen molar-refractivity contribution in [1.29, 1.82) is 0 Å². The highest BCUT2D eigenvalue weighted by molar-refractivity contribution is 7.92. The molecular formula is C12H17N5O2S. The van der Waals surface area contributed by atoms with Crippen LogP contribution in [0.25, 0.3) is 0 Å². The molecule has 0 aliphatic heterocycles. The van der Waals surface area contributed by atoms with E-state index in [4.69, 9.17) is 0 Å². The smallest absolute Gasteiger partial charge is 0.265 e. The first kappa shape index (κ1) is 14.3. The van der Waals surface area contributed by atoms with Crippen molar-refractivity contribution in [1.82, 2.24) is 14.8 Å². The molecule has 0 aromatic carbocycles. The van der Waals surface area contributed by atoms with Gasteiger partial charge in [0.2, 0.25) is 0 Å². The van der Waals surface area contributed by atoms with Gasteiger partial charge in [0.15, 0.2) is 0 Å². The second-order valence-corrected chi connectivity index (χ2v) is 5.94. The normalized spacial score (nSPS) is 11.3. The van der Waals surface area contributed by atoms with Crippen molar-refractivity contribution < 1.29 is 8.42 Å². The summed E-state index contributed by atoms with van der Waals surface area (Å²) in [6, 6.07) is 3.11. The lowest BCUT2D eigenvalue weighted by atomic mass is 10.4. The van der Waals surface area contributed by atoms with Gasteiger partial charge < -0.3 is 5.32 Å². The van der Waals surface area contributed by atoms with E-state index in [0.717, 1.165) is 6.42 Å². The molecule has 0 saturated heterocycles. The van der Waals surface area contributed by atoms with Gasteiger partial charge in [-0.05, 0) is 18.6 Å². The minimum atomic E-state index is -3.69. The summed E-state index contributed by atoms with van der Waals surface area (Å²) in [5.41, 5.74) is 0.415. The van der Waals surface area contributed by atoms with Crippen LogP contribution in [0, 0.1) is 0 Å². The number of sulfonamides is 1. The average molecular weight is 295 g/mol. The van der Waals surface area contributed by atoms with Gasteiger partial charge in [-0.1, -0.05) is 6.92 Å². The number of pyridine rings is 1. The zero-order chi connectivity index (χ0) is 14.6. The van der Waals surface area contributed by atoms with Crippen molar-refractivity contribution in [3.63, 3.8) is 0 Å². The molecule has 0 atom stereocenters. The van der Waals surface area contributed by atoms with Crippen molar-refractivity contribution in [2.24, 2.45) is 7.05 Å². The third-order valence-electron chi connectivity index (χ3n) is 2.56. The van der Waals surface area contributed by atoms with Crippen molar-refractivity contribution >= 4 is 21.5 Å². The van der Waals surface area contributed by atoms with Crippen LogP contribution < -0.4 is 10.0 Å². The second kappa shape index (κ2) is 5.91. The second-order valence-electron chi connectivity index (χ2n) is 4.29. The van der Waals surface area contributed by atoms with E-state index in [1.54, 1.807) is 25.5 Å². The molecule has 0 saturated carbocycles. The van der Waals surface area contributed by atoms with E-state index in [2.05, 4.69) is 20.1 Å². The molecule has 2 heterocycles. The van der Waals surface area contributed by atoms with Crippen LogP contribution in [-0.4, -0.2) is 29.7 Å². The van der Waals surface area contributed by atoms with Gasteiger partial charge in [-0.2, -0.15) is 5.10 Å². The van der Waals surface area contributed by atoms with Crippen LogP contribution in [-0.2, 0) is 17.1 Å². The number of aryl methyl sites for hydroxylation is 1. The molecule has 2 aromatic heterocycles. The molecule has 0 radical (unpaired) electrons. The molecular weight excluding hydrogens is 278 g/mol. The Morgan fingerprint density at radius 3 is 2.85 bits per heavy atom. The van der Waals surface area contributed by atoms with Crippen LogP contribution in [0.2, 0.25) is 0 Å². The molecule has 2 aromatic rings. The van der Waals surface area contributed by atoms with Gasteiger partial charge in [0.25, 0.3) is 10.0 Å². The minimum absolute atomic E-state index is 0.123. The minimum Gasteiger partial charge on any atom is -0.369 e. The van der Waals surface area contributed by atoms with E-state index in [1.165, 1.54) is 16.9 Å².